The van der Waals surface area contributed by atoms with Crippen LogP contribution in [0.5, 0.6) is 0 Å². The Kier molecular flexibility index (Phi) is 6.50. The summed E-state index contributed by atoms with van der Waals surface area (Å²) in [6, 6.07) is 0. The highest BCUT2D eigenvalue weighted by atomic mass is 15.1. The van der Waals surface area contributed by atoms with Gasteiger partial charge in [-0.05, 0) is 43.7 Å². The summed E-state index contributed by atoms with van der Waals surface area (Å²) in [7, 11) is 0. The van der Waals surface area contributed by atoms with Gasteiger partial charge in [-0.1, -0.05) is 34.1 Å². The molecule has 0 heterocycles. The average Bonchev–Trinajstić information content (AvgIpc) is 2.29. The molecule has 0 saturated heterocycles. The molecule has 2 heteroatoms. The van der Waals surface area contributed by atoms with Crippen molar-refractivity contribution in [2.45, 2.75) is 53.4 Å². The highest BCUT2D eigenvalue weighted by Crippen LogP contribution is 2.29. The van der Waals surface area contributed by atoms with E-state index < -0.39 is 0 Å². The van der Waals surface area contributed by atoms with Crippen LogP contribution in [0.2, 0.25) is 0 Å². The van der Waals surface area contributed by atoms with Gasteiger partial charge < -0.3 is 10.2 Å². The lowest BCUT2D eigenvalue weighted by molar-refractivity contribution is 0.120. The largest absolute Gasteiger partial charge is 0.316 e. The van der Waals surface area contributed by atoms with Crippen LogP contribution in [0, 0.1) is 11.3 Å². The van der Waals surface area contributed by atoms with E-state index in [-0.39, 0.29) is 0 Å². The van der Waals surface area contributed by atoms with Crippen molar-refractivity contribution in [1.82, 2.24) is 10.2 Å². The first-order chi connectivity index (χ1) is 8.13. The van der Waals surface area contributed by atoms with Gasteiger partial charge in [-0.15, -0.1) is 0 Å². The van der Waals surface area contributed by atoms with Gasteiger partial charge in [0.25, 0.3) is 0 Å². The Morgan fingerprint density at radius 1 is 1.24 bits per heavy atom. The van der Waals surface area contributed by atoms with E-state index in [1.54, 1.807) is 0 Å². The lowest BCUT2D eigenvalue weighted by atomic mass is 9.83. The fraction of sp³-hybridized carbons (Fsp3) is 1.00. The van der Waals surface area contributed by atoms with Gasteiger partial charge in [-0.25, -0.2) is 0 Å². The molecule has 1 atom stereocenters. The molecule has 0 bridgehead atoms. The first-order valence-corrected chi connectivity index (χ1v) is 7.56. The molecular weight excluding hydrogens is 208 g/mol. The van der Waals surface area contributed by atoms with Crippen LogP contribution in [0.1, 0.15) is 53.4 Å². The van der Waals surface area contributed by atoms with E-state index in [0.29, 0.717) is 5.41 Å². The van der Waals surface area contributed by atoms with Gasteiger partial charge >= 0.3 is 0 Å². The predicted molar refractivity (Wildman–Crippen MR) is 76.4 cm³/mol. The molecule has 0 radical (unpaired) electrons. The molecule has 1 aliphatic rings. The minimum atomic E-state index is 0.440. The Labute approximate surface area is 108 Å². The maximum atomic E-state index is 3.52. The quantitative estimate of drug-likeness (QED) is 0.666. The summed E-state index contributed by atoms with van der Waals surface area (Å²) in [6.45, 7) is 15.3. The molecule has 0 aliphatic heterocycles. The fourth-order valence-corrected chi connectivity index (χ4v) is 2.61. The maximum absolute atomic E-state index is 3.52. The van der Waals surface area contributed by atoms with Gasteiger partial charge in [-0.2, -0.15) is 0 Å². The van der Waals surface area contributed by atoms with Gasteiger partial charge in [0.15, 0.2) is 0 Å². The van der Waals surface area contributed by atoms with Crippen molar-refractivity contribution in [2.24, 2.45) is 11.3 Å². The maximum Gasteiger partial charge on any atom is 0.00474 e. The zero-order chi connectivity index (χ0) is 12.7. The van der Waals surface area contributed by atoms with Gasteiger partial charge in [-0.3, -0.25) is 0 Å². The summed E-state index contributed by atoms with van der Waals surface area (Å²) < 4.78 is 0. The van der Waals surface area contributed by atoms with E-state index in [2.05, 4.69) is 37.9 Å². The summed E-state index contributed by atoms with van der Waals surface area (Å²) in [5, 5.41) is 3.52. The zero-order valence-corrected chi connectivity index (χ0v) is 12.4. The van der Waals surface area contributed by atoms with E-state index in [1.165, 1.54) is 45.3 Å². The van der Waals surface area contributed by atoms with E-state index in [9.17, 15) is 0 Å². The minimum Gasteiger partial charge on any atom is -0.316 e. The SMILES string of the molecule is CCNCC(C)(CC)CN(CC)CC1CCC1. The molecule has 0 aromatic carbocycles. The lowest BCUT2D eigenvalue weighted by Crippen LogP contribution is -2.44. The molecule has 0 aromatic rings. The van der Waals surface area contributed by atoms with Crippen molar-refractivity contribution in [3.63, 3.8) is 0 Å². The number of nitrogens with one attached hydrogen (secondary N) is 1. The van der Waals surface area contributed by atoms with Crippen LogP contribution >= 0.6 is 0 Å². The third-order valence-corrected chi connectivity index (χ3v) is 4.45. The molecule has 17 heavy (non-hydrogen) atoms. The molecule has 1 rings (SSSR count). The van der Waals surface area contributed by atoms with E-state index in [1.807, 2.05) is 0 Å². The van der Waals surface area contributed by atoms with Crippen LogP contribution in [-0.2, 0) is 0 Å². The molecule has 1 saturated carbocycles. The minimum absolute atomic E-state index is 0.440. The van der Waals surface area contributed by atoms with Crippen molar-refractivity contribution < 1.29 is 0 Å². The van der Waals surface area contributed by atoms with Crippen LogP contribution in [0.4, 0.5) is 0 Å². The Bertz CT molecular complexity index is 201. The van der Waals surface area contributed by atoms with Crippen LogP contribution in [-0.4, -0.2) is 37.6 Å². The molecule has 1 N–H and O–H groups in total. The Morgan fingerprint density at radius 3 is 2.35 bits per heavy atom. The highest BCUT2D eigenvalue weighted by molar-refractivity contribution is 4.81. The van der Waals surface area contributed by atoms with Crippen molar-refractivity contribution in [3.8, 4) is 0 Å². The molecule has 102 valence electrons. The molecule has 1 unspecified atom stereocenters. The standard InChI is InChI=1S/C15H32N2/c1-5-15(4,12-16-6-2)13-17(7-3)11-14-9-8-10-14/h14,16H,5-13H2,1-4H3. The fourth-order valence-electron chi connectivity index (χ4n) is 2.61. The second kappa shape index (κ2) is 7.38. The lowest BCUT2D eigenvalue weighted by Gasteiger charge is -2.38. The Morgan fingerprint density at radius 2 is 1.94 bits per heavy atom. The van der Waals surface area contributed by atoms with Crippen LogP contribution < -0.4 is 5.32 Å². The molecule has 1 aliphatic carbocycles. The summed E-state index contributed by atoms with van der Waals surface area (Å²) in [4.78, 5) is 2.67. The van der Waals surface area contributed by atoms with Crippen molar-refractivity contribution in [3.05, 3.63) is 0 Å². The third-order valence-electron chi connectivity index (χ3n) is 4.45. The van der Waals surface area contributed by atoms with E-state index in [4.69, 9.17) is 0 Å². The van der Waals surface area contributed by atoms with Crippen molar-refractivity contribution >= 4 is 0 Å². The predicted octanol–water partition coefficient (Wildman–Crippen LogP) is 3.13. The van der Waals surface area contributed by atoms with Crippen LogP contribution in [0.3, 0.4) is 0 Å². The second-order valence-corrected chi connectivity index (χ2v) is 6.07. The summed E-state index contributed by atoms with van der Waals surface area (Å²) in [5.74, 6) is 0.996. The first-order valence-electron chi connectivity index (χ1n) is 7.56. The molecule has 0 aromatic heterocycles. The van der Waals surface area contributed by atoms with Crippen molar-refractivity contribution in [1.29, 1.82) is 0 Å². The van der Waals surface area contributed by atoms with Crippen LogP contribution in [0.15, 0.2) is 0 Å². The first kappa shape index (κ1) is 15.0. The Balaban J connectivity index is 2.38. The van der Waals surface area contributed by atoms with Gasteiger partial charge in [0.05, 0.1) is 0 Å². The Hall–Kier alpha value is -0.0800. The molecule has 0 amide bonds. The van der Waals surface area contributed by atoms with Crippen LogP contribution in [0.25, 0.3) is 0 Å². The molecule has 2 nitrogen and oxygen atoms in total. The third kappa shape index (κ3) is 4.97. The smallest absolute Gasteiger partial charge is 0.00474 e. The number of rotatable bonds is 9. The molecule has 0 spiro atoms. The summed E-state index contributed by atoms with van der Waals surface area (Å²) >= 11 is 0. The average molecular weight is 240 g/mol. The van der Waals surface area contributed by atoms with Gasteiger partial charge in [0.2, 0.25) is 0 Å². The summed E-state index contributed by atoms with van der Waals surface area (Å²) in [6.07, 6.45) is 5.66. The number of nitrogens with zero attached hydrogens (tertiary/aromatic N) is 1. The normalized spacial score (nSPS) is 20.3. The molecular formula is C15H32N2. The second-order valence-electron chi connectivity index (χ2n) is 6.07. The van der Waals surface area contributed by atoms with E-state index in [0.717, 1.165) is 19.0 Å². The zero-order valence-electron chi connectivity index (χ0n) is 12.4. The summed E-state index contributed by atoms with van der Waals surface area (Å²) in [5.41, 5.74) is 0.440. The monoisotopic (exact) mass is 240 g/mol. The molecule has 1 fully saturated rings. The topological polar surface area (TPSA) is 15.3 Å². The highest BCUT2D eigenvalue weighted by Gasteiger charge is 2.27. The van der Waals surface area contributed by atoms with Crippen molar-refractivity contribution in [2.75, 3.05) is 32.7 Å². The van der Waals surface area contributed by atoms with Gasteiger partial charge in [0.1, 0.15) is 0 Å². The number of hydrogen-bond acceptors (Lipinski definition) is 2. The van der Waals surface area contributed by atoms with E-state index >= 15 is 0 Å². The van der Waals surface area contributed by atoms with Gasteiger partial charge in [0, 0.05) is 19.6 Å². The number of hydrogen-bond donors (Lipinski definition) is 1.